The molecule has 2 N–H and O–H groups in total. The fourth-order valence-electron chi connectivity index (χ4n) is 3.66. The van der Waals surface area contributed by atoms with Gasteiger partial charge in [-0.15, -0.1) is 11.8 Å². The van der Waals surface area contributed by atoms with E-state index in [1.807, 2.05) is 24.3 Å². The molecular formula is C22H23N3O4S. The zero-order chi connectivity index (χ0) is 21.1. The van der Waals surface area contributed by atoms with Gasteiger partial charge in [0.1, 0.15) is 5.75 Å². The summed E-state index contributed by atoms with van der Waals surface area (Å²) in [5, 5.41) is 4.95. The number of ether oxygens (including phenoxy) is 1. The van der Waals surface area contributed by atoms with Crippen LogP contribution >= 0.6 is 11.8 Å². The van der Waals surface area contributed by atoms with E-state index in [0.717, 1.165) is 16.3 Å². The lowest BCUT2D eigenvalue weighted by atomic mass is 9.95. The molecule has 2 aliphatic rings. The molecule has 1 atom stereocenters. The van der Waals surface area contributed by atoms with Crippen LogP contribution in [0.1, 0.15) is 12.8 Å². The molecule has 0 radical (unpaired) electrons. The Kier molecular flexibility index (Phi) is 5.94. The molecule has 2 heterocycles. The number of carbonyl (C=O) groups excluding carboxylic acids is 3. The van der Waals surface area contributed by atoms with E-state index in [4.69, 9.17) is 4.74 Å². The maximum atomic E-state index is 12.9. The summed E-state index contributed by atoms with van der Waals surface area (Å²) in [6.07, 6.45) is 1.15. The summed E-state index contributed by atoms with van der Waals surface area (Å²) in [5.74, 6) is 0.0341. The first-order valence-corrected chi connectivity index (χ1v) is 10.7. The van der Waals surface area contributed by atoms with Gasteiger partial charge in [0.05, 0.1) is 12.8 Å². The van der Waals surface area contributed by atoms with Gasteiger partial charge in [0.25, 0.3) is 0 Å². The number of nitrogens with one attached hydrogen (secondary N) is 2. The summed E-state index contributed by atoms with van der Waals surface area (Å²) in [5.41, 5.74) is 1.46. The van der Waals surface area contributed by atoms with E-state index in [0.29, 0.717) is 31.6 Å². The van der Waals surface area contributed by atoms with Gasteiger partial charge in [0.15, 0.2) is 5.25 Å². The van der Waals surface area contributed by atoms with Crippen LogP contribution in [0, 0.1) is 5.92 Å². The predicted octanol–water partition coefficient (Wildman–Crippen LogP) is 2.99. The maximum Gasteiger partial charge on any atom is 0.247 e. The molecule has 4 rings (SSSR count). The largest absolute Gasteiger partial charge is 0.497 e. The number of hydrogen-bond donors (Lipinski definition) is 2. The molecule has 0 spiro atoms. The van der Waals surface area contributed by atoms with Crippen LogP contribution in [0.25, 0.3) is 0 Å². The molecule has 3 amide bonds. The highest BCUT2D eigenvalue weighted by atomic mass is 32.2. The summed E-state index contributed by atoms with van der Waals surface area (Å²) in [6, 6.07) is 14.6. The summed E-state index contributed by atoms with van der Waals surface area (Å²) in [4.78, 5) is 40.5. The van der Waals surface area contributed by atoms with Crippen molar-refractivity contribution in [1.29, 1.82) is 0 Å². The Morgan fingerprint density at radius 2 is 1.80 bits per heavy atom. The first kappa shape index (κ1) is 20.3. The quantitative estimate of drug-likeness (QED) is 0.736. The predicted molar refractivity (Wildman–Crippen MR) is 116 cm³/mol. The molecule has 2 aromatic rings. The Morgan fingerprint density at radius 1 is 1.10 bits per heavy atom. The lowest BCUT2D eigenvalue weighted by Crippen LogP contribution is -2.48. The SMILES string of the molecule is COc1ccc(NC(=O)C2CCN(C(=O)[C@H]3Sc4ccccc4NC3=O)CC2)cc1. The Balaban J connectivity index is 1.32. The maximum absolute atomic E-state index is 12.9. The molecule has 8 heteroatoms. The van der Waals surface area contributed by atoms with E-state index in [1.165, 1.54) is 11.8 Å². The van der Waals surface area contributed by atoms with Crippen molar-refractivity contribution in [2.24, 2.45) is 5.92 Å². The zero-order valence-corrected chi connectivity index (χ0v) is 17.4. The van der Waals surface area contributed by atoms with E-state index >= 15 is 0 Å². The Morgan fingerprint density at radius 3 is 2.50 bits per heavy atom. The van der Waals surface area contributed by atoms with E-state index in [9.17, 15) is 14.4 Å². The Hall–Kier alpha value is -3.00. The van der Waals surface area contributed by atoms with Crippen LogP contribution in [0.5, 0.6) is 5.75 Å². The van der Waals surface area contributed by atoms with Crippen molar-refractivity contribution in [2.45, 2.75) is 23.0 Å². The Labute approximate surface area is 179 Å². The molecule has 2 aromatic carbocycles. The summed E-state index contributed by atoms with van der Waals surface area (Å²) >= 11 is 1.29. The normalized spacial score (nSPS) is 18.9. The van der Waals surface area contributed by atoms with Crippen molar-refractivity contribution in [3.8, 4) is 5.75 Å². The number of methoxy groups -OCH3 is 1. The number of thioether (sulfide) groups is 1. The average Bonchev–Trinajstić information content (AvgIpc) is 2.78. The zero-order valence-electron chi connectivity index (χ0n) is 16.6. The van der Waals surface area contributed by atoms with Gasteiger partial charge in [0.2, 0.25) is 17.7 Å². The van der Waals surface area contributed by atoms with Crippen molar-refractivity contribution < 1.29 is 19.1 Å². The van der Waals surface area contributed by atoms with Crippen molar-refractivity contribution in [3.05, 3.63) is 48.5 Å². The number of nitrogens with zero attached hydrogens (tertiary/aromatic N) is 1. The molecule has 0 aliphatic carbocycles. The Bertz CT molecular complexity index is 955. The number of carbonyl (C=O) groups is 3. The van der Waals surface area contributed by atoms with Crippen molar-refractivity contribution >= 4 is 40.9 Å². The lowest BCUT2D eigenvalue weighted by molar-refractivity contribution is -0.136. The van der Waals surface area contributed by atoms with Crippen LogP contribution in [-0.4, -0.2) is 48.1 Å². The van der Waals surface area contributed by atoms with E-state index < -0.39 is 5.25 Å². The molecule has 0 unspecified atom stereocenters. The highest BCUT2D eigenvalue weighted by Gasteiger charge is 2.37. The second-order valence-corrected chi connectivity index (χ2v) is 8.45. The summed E-state index contributed by atoms with van der Waals surface area (Å²) in [7, 11) is 1.59. The van der Waals surface area contributed by atoms with Crippen LogP contribution in [-0.2, 0) is 14.4 Å². The summed E-state index contributed by atoms with van der Waals surface area (Å²) in [6.45, 7) is 0.928. The highest BCUT2D eigenvalue weighted by molar-refractivity contribution is 8.01. The fraction of sp³-hybridized carbons (Fsp3) is 0.318. The number of piperidine rings is 1. The lowest BCUT2D eigenvalue weighted by Gasteiger charge is -2.34. The molecule has 7 nitrogen and oxygen atoms in total. The average molecular weight is 426 g/mol. The van der Waals surface area contributed by atoms with Crippen LogP contribution in [0.15, 0.2) is 53.4 Å². The third kappa shape index (κ3) is 4.28. The van der Waals surface area contributed by atoms with Gasteiger partial charge in [-0.05, 0) is 49.2 Å². The molecule has 2 aliphatic heterocycles. The first-order chi connectivity index (χ1) is 14.5. The van der Waals surface area contributed by atoms with Gasteiger partial charge < -0.3 is 20.3 Å². The van der Waals surface area contributed by atoms with Gasteiger partial charge >= 0.3 is 0 Å². The van der Waals surface area contributed by atoms with Gasteiger partial charge in [-0.1, -0.05) is 12.1 Å². The number of para-hydroxylation sites is 1. The molecule has 0 saturated carbocycles. The number of fused-ring (bicyclic) bond motifs is 1. The van der Waals surface area contributed by atoms with Gasteiger partial charge in [-0.25, -0.2) is 0 Å². The fourth-order valence-corrected chi connectivity index (χ4v) is 4.73. The van der Waals surface area contributed by atoms with Crippen LogP contribution in [0.2, 0.25) is 0 Å². The van der Waals surface area contributed by atoms with Gasteiger partial charge in [0, 0.05) is 29.6 Å². The van der Waals surface area contributed by atoms with Gasteiger partial charge in [-0.2, -0.15) is 0 Å². The topological polar surface area (TPSA) is 87.7 Å². The number of likely N-dealkylation sites (tertiary alicyclic amines) is 1. The number of hydrogen-bond acceptors (Lipinski definition) is 5. The van der Waals surface area contributed by atoms with Gasteiger partial charge in [-0.3, -0.25) is 14.4 Å². The minimum Gasteiger partial charge on any atom is -0.497 e. The van der Waals surface area contributed by atoms with E-state index in [1.54, 1.807) is 36.3 Å². The molecule has 1 fully saturated rings. The number of amides is 3. The minimum atomic E-state index is -0.787. The third-order valence-electron chi connectivity index (χ3n) is 5.39. The molecule has 0 bridgehead atoms. The van der Waals surface area contributed by atoms with Crippen LogP contribution in [0.4, 0.5) is 11.4 Å². The van der Waals surface area contributed by atoms with Crippen molar-refractivity contribution in [2.75, 3.05) is 30.8 Å². The molecule has 156 valence electrons. The number of benzene rings is 2. The number of rotatable bonds is 4. The standard InChI is InChI=1S/C22H23N3O4S/c1-29-16-8-6-15(7-9-16)23-20(26)14-10-12-25(13-11-14)22(28)19-21(27)24-17-4-2-3-5-18(17)30-19/h2-9,14,19H,10-13H2,1H3,(H,23,26)(H,24,27)/t19-/m0/s1. The van der Waals surface area contributed by atoms with Crippen LogP contribution in [0.3, 0.4) is 0 Å². The highest BCUT2D eigenvalue weighted by Crippen LogP contribution is 2.36. The van der Waals surface area contributed by atoms with Crippen molar-refractivity contribution in [3.63, 3.8) is 0 Å². The first-order valence-electron chi connectivity index (χ1n) is 9.85. The summed E-state index contributed by atoms with van der Waals surface area (Å²) < 4.78 is 5.12. The monoisotopic (exact) mass is 425 g/mol. The minimum absolute atomic E-state index is 0.0500. The molecule has 30 heavy (non-hydrogen) atoms. The van der Waals surface area contributed by atoms with Crippen LogP contribution < -0.4 is 15.4 Å². The molecule has 1 saturated heterocycles. The second-order valence-electron chi connectivity index (χ2n) is 7.30. The third-order valence-corrected chi connectivity index (χ3v) is 6.65. The van der Waals surface area contributed by atoms with E-state index in [-0.39, 0.29) is 23.6 Å². The molecule has 0 aromatic heterocycles. The van der Waals surface area contributed by atoms with Crippen molar-refractivity contribution in [1.82, 2.24) is 4.90 Å². The second kappa shape index (κ2) is 8.79. The number of anilines is 2. The molecular weight excluding hydrogens is 402 g/mol. The van der Waals surface area contributed by atoms with E-state index in [2.05, 4.69) is 10.6 Å². The smallest absolute Gasteiger partial charge is 0.247 e.